The van der Waals surface area contributed by atoms with Gasteiger partial charge in [0, 0.05) is 16.5 Å². The van der Waals surface area contributed by atoms with Gasteiger partial charge in [-0.1, -0.05) is 23.2 Å². The van der Waals surface area contributed by atoms with E-state index in [9.17, 15) is 4.79 Å². The second kappa shape index (κ2) is 8.88. The van der Waals surface area contributed by atoms with E-state index >= 15 is 0 Å². The zero-order valence-corrected chi connectivity index (χ0v) is 14.5. The van der Waals surface area contributed by atoms with Crippen LogP contribution in [0.2, 0.25) is 10.0 Å². The topological polar surface area (TPSA) is 57.2 Å². The van der Waals surface area contributed by atoms with Crippen molar-refractivity contribution in [2.45, 2.75) is 17.9 Å². The predicted molar refractivity (Wildman–Crippen MR) is 91.5 cm³/mol. The lowest BCUT2D eigenvalue weighted by atomic mass is 10.3. The van der Waals surface area contributed by atoms with Gasteiger partial charge >= 0.3 is 0 Å². The minimum atomic E-state index is -0.0855. The summed E-state index contributed by atoms with van der Waals surface area (Å²) in [6, 6.07) is 10.8. The lowest BCUT2D eigenvalue weighted by Gasteiger charge is -2.20. The van der Waals surface area contributed by atoms with Gasteiger partial charge < -0.3 is 9.32 Å². The summed E-state index contributed by atoms with van der Waals surface area (Å²) in [6.45, 7) is 0.706. The average molecular weight is 369 g/mol. The summed E-state index contributed by atoms with van der Waals surface area (Å²) in [4.78, 5) is 14.8. The molecule has 0 atom stereocenters. The fraction of sp³-hybridized carbons (Fsp3) is 0.250. The number of rotatable bonds is 7. The van der Waals surface area contributed by atoms with E-state index in [1.807, 2.05) is 0 Å². The van der Waals surface area contributed by atoms with Crippen LogP contribution in [0.1, 0.15) is 12.2 Å². The van der Waals surface area contributed by atoms with Crippen LogP contribution in [0.15, 0.2) is 45.9 Å². The van der Waals surface area contributed by atoms with Crippen LogP contribution in [-0.2, 0) is 11.3 Å². The number of carbonyl (C=O) groups excluding carboxylic acids is 1. The molecule has 0 spiro atoms. The molecular weight excluding hydrogens is 355 g/mol. The highest BCUT2D eigenvalue weighted by Gasteiger charge is 2.16. The first-order valence-electron chi connectivity index (χ1n) is 6.85. The van der Waals surface area contributed by atoms with Gasteiger partial charge in [-0.25, -0.2) is 0 Å². The van der Waals surface area contributed by atoms with E-state index in [4.69, 9.17) is 32.9 Å². The summed E-state index contributed by atoms with van der Waals surface area (Å²) in [5.41, 5.74) is 0. The Labute approximate surface area is 149 Å². The van der Waals surface area contributed by atoms with Crippen molar-refractivity contribution in [3.63, 3.8) is 0 Å². The highest BCUT2D eigenvalue weighted by molar-refractivity contribution is 8.00. The molecule has 0 N–H and O–H groups in total. The summed E-state index contributed by atoms with van der Waals surface area (Å²) in [5.74, 6) is 0.811. The largest absolute Gasteiger partial charge is 0.467 e. The first-order chi connectivity index (χ1) is 11.1. The van der Waals surface area contributed by atoms with Crippen LogP contribution in [0.4, 0.5) is 0 Å². The summed E-state index contributed by atoms with van der Waals surface area (Å²) >= 11 is 13.4. The van der Waals surface area contributed by atoms with Gasteiger partial charge in [0.2, 0.25) is 5.91 Å². The first-order valence-corrected chi connectivity index (χ1v) is 8.59. The van der Waals surface area contributed by atoms with Crippen LogP contribution in [0, 0.1) is 11.3 Å². The number of nitrogens with zero attached hydrogens (tertiary/aromatic N) is 2. The summed E-state index contributed by atoms with van der Waals surface area (Å²) in [5, 5.41) is 9.88. The van der Waals surface area contributed by atoms with E-state index in [0.717, 1.165) is 4.90 Å². The number of thioether (sulfide) groups is 1. The second-order valence-electron chi connectivity index (χ2n) is 4.67. The number of halogens is 2. The Bertz CT molecular complexity index is 699. The summed E-state index contributed by atoms with van der Waals surface area (Å²) in [6.07, 6.45) is 1.83. The Kier molecular flexibility index (Phi) is 6.85. The second-order valence-corrected chi connectivity index (χ2v) is 6.53. The monoisotopic (exact) mass is 368 g/mol. The average Bonchev–Trinajstić information content (AvgIpc) is 3.05. The van der Waals surface area contributed by atoms with Gasteiger partial charge in [-0.05, 0) is 30.3 Å². The van der Waals surface area contributed by atoms with E-state index < -0.39 is 0 Å². The first kappa shape index (κ1) is 17.7. The third-order valence-corrected chi connectivity index (χ3v) is 4.73. The molecule has 0 unspecified atom stereocenters. The molecule has 120 valence electrons. The van der Waals surface area contributed by atoms with E-state index in [1.54, 1.807) is 41.5 Å². The van der Waals surface area contributed by atoms with Crippen molar-refractivity contribution in [3.05, 3.63) is 52.4 Å². The van der Waals surface area contributed by atoms with E-state index in [0.29, 0.717) is 28.9 Å². The van der Waals surface area contributed by atoms with Gasteiger partial charge in [-0.15, -0.1) is 11.8 Å². The van der Waals surface area contributed by atoms with E-state index in [-0.39, 0.29) is 18.1 Å². The molecule has 0 aliphatic carbocycles. The number of nitriles is 1. The van der Waals surface area contributed by atoms with Crippen molar-refractivity contribution in [1.29, 1.82) is 5.26 Å². The maximum Gasteiger partial charge on any atom is 0.233 e. The zero-order valence-electron chi connectivity index (χ0n) is 12.2. The molecule has 23 heavy (non-hydrogen) atoms. The van der Waals surface area contributed by atoms with Crippen molar-refractivity contribution in [3.8, 4) is 6.07 Å². The van der Waals surface area contributed by atoms with Crippen LogP contribution in [0.25, 0.3) is 0 Å². The molecule has 0 aliphatic rings. The maximum absolute atomic E-state index is 12.4. The number of carbonyl (C=O) groups is 1. The van der Waals surface area contributed by atoms with Gasteiger partial charge in [0.25, 0.3) is 0 Å². The van der Waals surface area contributed by atoms with E-state index in [2.05, 4.69) is 6.07 Å². The molecule has 7 heteroatoms. The van der Waals surface area contributed by atoms with Gasteiger partial charge in [0.15, 0.2) is 0 Å². The summed E-state index contributed by atoms with van der Waals surface area (Å²) in [7, 11) is 0. The smallest absolute Gasteiger partial charge is 0.233 e. The Balaban J connectivity index is 1.99. The molecule has 1 heterocycles. The Morgan fingerprint density at radius 1 is 1.35 bits per heavy atom. The molecule has 0 radical (unpaired) electrons. The molecular formula is C16H14Cl2N2O2S. The Hall–Kier alpha value is -1.61. The molecule has 1 aromatic carbocycles. The van der Waals surface area contributed by atoms with Gasteiger partial charge in [0.05, 0.1) is 36.1 Å². The third-order valence-electron chi connectivity index (χ3n) is 3.02. The van der Waals surface area contributed by atoms with Crippen LogP contribution >= 0.6 is 35.0 Å². The molecule has 2 rings (SSSR count). The molecule has 0 fully saturated rings. The standard InChI is InChI=1S/C16H14Cl2N2O2S/c17-12-4-5-14(18)15(9-12)23-11-16(21)20(7-2-6-19)10-13-3-1-8-22-13/h1,3-5,8-9H,2,7,10-11H2. The molecule has 4 nitrogen and oxygen atoms in total. The minimum Gasteiger partial charge on any atom is -0.467 e. The van der Waals surface area contributed by atoms with Crippen LogP contribution in [0.3, 0.4) is 0 Å². The Morgan fingerprint density at radius 3 is 2.87 bits per heavy atom. The molecule has 0 bridgehead atoms. The number of hydrogen-bond donors (Lipinski definition) is 0. The fourth-order valence-electron chi connectivity index (χ4n) is 1.89. The van der Waals surface area contributed by atoms with Crippen LogP contribution in [-0.4, -0.2) is 23.1 Å². The number of amides is 1. The molecule has 1 aromatic heterocycles. The summed E-state index contributed by atoms with van der Waals surface area (Å²) < 4.78 is 5.27. The number of hydrogen-bond acceptors (Lipinski definition) is 4. The SMILES string of the molecule is N#CCCN(Cc1ccco1)C(=O)CSc1cc(Cl)ccc1Cl. The molecule has 2 aromatic rings. The van der Waals surface area contributed by atoms with Crippen molar-refractivity contribution >= 4 is 40.9 Å². The Morgan fingerprint density at radius 2 is 2.17 bits per heavy atom. The molecule has 1 amide bonds. The van der Waals surface area contributed by atoms with Crippen LogP contribution < -0.4 is 0 Å². The third kappa shape index (κ3) is 5.51. The van der Waals surface area contributed by atoms with Crippen molar-refractivity contribution in [2.75, 3.05) is 12.3 Å². The molecule has 0 aliphatic heterocycles. The zero-order chi connectivity index (χ0) is 16.7. The lowest BCUT2D eigenvalue weighted by Crippen LogP contribution is -2.32. The lowest BCUT2D eigenvalue weighted by molar-refractivity contribution is -0.129. The number of furan rings is 1. The highest BCUT2D eigenvalue weighted by Crippen LogP contribution is 2.30. The van der Waals surface area contributed by atoms with Crippen molar-refractivity contribution < 1.29 is 9.21 Å². The normalized spacial score (nSPS) is 10.3. The number of benzene rings is 1. The van der Waals surface area contributed by atoms with Gasteiger partial charge in [-0.2, -0.15) is 5.26 Å². The van der Waals surface area contributed by atoms with E-state index in [1.165, 1.54) is 11.8 Å². The van der Waals surface area contributed by atoms with Crippen molar-refractivity contribution in [1.82, 2.24) is 4.90 Å². The predicted octanol–water partition coefficient (Wildman–Crippen LogP) is 4.62. The molecule has 0 saturated heterocycles. The van der Waals surface area contributed by atoms with Gasteiger partial charge in [-0.3, -0.25) is 4.79 Å². The van der Waals surface area contributed by atoms with Crippen molar-refractivity contribution in [2.24, 2.45) is 0 Å². The minimum absolute atomic E-state index is 0.0855. The fourth-order valence-corrected chi connectivity index (χ4v) is 3.28. The molecule has 0 saturated carbocycles. The quantitative estimate of drug-likeness (QED) is 0.668. The van der Waals surface area contributed by atoms with Crippen LogP contribution in [0.5, 0.6) is 0 Å². The maximum atomic E-state index is 12.4. The van der Waals surface area contributed by atoms with Gasteiger partial charge in [0.1, 0.15) is 5.76 Å². The highest BCUT2D eigenvalue weighted by atomic mass is 35.5.